The van der Waals surface area contributed by atoms with E-state index in [1.807, 2.05) is 38.1 Å². The van der Waals surface area contributed by atoms with Crippen LogP contribution in [-0.4, -0.2) is 17.8 Å². The third kappa shape index (κ3) is 2.01. The lowest BCUT2D eigenvalue weighted by atomic mass is 9.73. The van der Waals surface area contributed by atoms with Gasteiger partial charge in [-0.25, -0.2) is 0 Å². The molecule has 2 rings (SSSR count). The van der Waals surface area contributed by atoms with Crippen LogP contribution in [0.25, 0.3) is 0 Å². The van der Waals surface area contributed by atoms with Gasteiger partial charge in [-0.2, -0.15) is 5.26 Å². The van der Waals surface area contributed by atoms with Gasteiger partial charge in [-0.05, 0) is 17.5 Å². The molecular weight excluding hydrogens is 214 g/mol. The maximum Gasteiger partial charge on any atom is 0.122 e. The van der Waals surface area contributed by atoms with E-state index in [1.54, 1.807) is 0 Å². The lowest BCUT2D eigenvalue weighted by molar-refractivity contribution is -0.0103. The van der Waals surface area contributed by atoms with Crippen LogP contribution in [-0.2, 0) is 6.42 Å². The maximum absolute atomic E-state index is 10.2. The van der Waals surface area contributed by atoms with Crippen LogP contribution in [0.1, 0.15) is 19.4 Å². The Morgan fingerprint density at radius 2 is 2.12 bits per heavy atom. The van der Waals surface area contributed by atoms with Gasteiger partial charge >= 0.3 is 0 Å². The fourth-order valence-corrected chi connectivity index (χ4v) is 2.35. The highest BCUT2D eigenvalue weighted by Crippen LogP contribution is 2.38. The number of hydrogen-bond donors (Lipinski definition) is 1. The molecule has 2 atom stereocenters. The minimum atomic E-state index is -0.817. The maximum atomic E-state index is 10.2. The third-order valence-electron chi connectivity index (χ3n) is 3.38. The van der Waals surface area contributed by atoms with Crippen LogP contribution in [0.3, 0.4) is 0 Å². The summed E-state index contributed by atoms with van der Waals surface area (Å²) >= 11 is 0. The van der Waals surface area contributed by atoms with Crippen molar-refractivity contribution >= 4 is 0 Å². The summed E-state index contributed by atoms with van der Waals surface area (Å²) in [4.78, 5) is 0. The Labute approximate surface area is 102 Å². The van der Waals surface area contributed by atoms with Gasteiger partial charge in [0.1, 0.15) is 17.8 Å². The molecule has 0 saturated heterocycles. The predicted molar refractivity (Wildman–Crippen MR) is 64.5 cm³/mol. The lowest BCUT2D eigenvalue weighted by Gasteiger charge is -2.37. The van der Waals surface area contributed by atoms with E-state index in [0.29, 0.717) is 6.42 Å². The van der Waals surface area contributed by atoms with Crippen molar-refractivity contribution in [1.29, 1.82) is 5.26 Å². The van der Waals surface area contributed by atoms with E-state index in [-0.39, 0.29) is 12.5 Å². The molecule has 17 heavy (non-hydrogen) atoms. The van der Waals surface area contributed by atoms with Gasteiger partial charge in [0.15, 0.2) is 0 Å². The number of benzene rings is 1. The summed E-state index contributed by atoms with van der Waals surface area (Å²) in [7, 11) is 0. The van der Waals surface area contributed by atoms with E-state index >= 15 is 0 Å². The second kappa shape index (κ2) is 4.38. The molecule has 2 unspecified atom stereocenters. The highest BCUT2D eigenvalue weighted by Gasteiger charge is 2.44. The zero-order chi connectivity index (χ0) is 12.5. The van der Waals surface area contributed by atoms with Gasteiger partial charge in [-0.3, -0.25) is 0 Å². The molecule has 1 N–H and O–H groups in total. The topological polar surface area (TPSA) is 53.2 Å². The quantitative estimate of drug-likeness (QED) is 0.848. The molecule has 0 radical (unpaired) electrons. The second-order valence-electron chi connectivity index (χ2n) is 5.03. The van der Waals surface area contributed by atoms with Gasteiger partial charge in [0.2, 0.25) is 0 Å². The first kappa shape index (κ1) is 11.9. The molecule has 0 bridgehead atoms. The van der Waals surface area contributed by atoms with Crippen molar-refractivity contribution in [2.75, 3.05) is 6.61 Å². The summed E-state index contributed by atoms with van der Waals surface area (Å²) in [6.45, 7) is 4.11. The lowest BCUT2D eigenvalue weighted by Crippen LogP contribution is -2.46. The highest BCUT2D eigenvalue weighted by molar-refractivity contribution is 5.38. The number of ether oxygens (including phenoxy) is 1. The van der Waals surface area contributed by atoms with Gasteiger partial charge in [0.25, 0.3) is 0 Å². The standard InChI is InChI=1S/C14H17NO2/c1-10(2)13(16)14(8-15)7-11-5-3-4-6-12(11)17-9-14/h3-6,10,13,16H,7,9H2,1-2H3. The summed E-state index contributed by atoms with van der Waals surface area (Å²) in [5, 5.41) is 19.6. The second-order valence-corrected chi connectivity index (χ2v) is 5.03. The average Bonchev–Trinajstić information content (AvgIpc) is 2.37. The first-order valence-electron chi connectivity index (χ1n) is 5.89. The largest absolute Gasteiger partial charge is 0.492 e. The molecule has 3 heteroatoms. The van der Waals surface area contributed by atoms with E-state index in [9.17, 15) is 10.4 Å². The van der Waals surface area contributed by atoms with Crippen LogP contribution in [0.2, 0.25) is 0 Å². The van der Waals surface area contributed by atoms with Gasteiger partial charge in [-0.1, -0.05) is 32.0 Å². The van der Waals surface area contributed by atoms with E-state index < -0.39 is 11.5 Å². The summed E-state index contributed by atoms with van der Waals surface area (Å²) in [5.74, 6) is 0.873. The zero-order valence-electron chi connectivity index (χ0n) is 10.2. The van der Waals surface area contributed by atoms with Crippen molar-refractivity contribution in [3.63, 3.8) is 0 Å². The minimum absolute atomic E-state index is 0.0449. The molecule has 0 amide bonds. The molecule has 0 aromatic heterocycles. The molecule has 0 spiro atoms. The van der Waals surface area contributed by atoms with Crippen LogP contribution in [0.15, 0.2) is 24.3 Å². The van der Waals surface area contributed by atoms with Crippen molar-refractivity contribution in [3.05, 3.63) is 29.8 Å². The highest BCUT2D eigenvalue weighted by atomic mass is 16.5. The van der Waals surface area contributed by atoms with Gasteiger partial charge < -0.3 is 9.84 Å². The summed E-state index contributed by atoms with van der Waals surface area (Å²) in [6.07, 6.45) is -0.111. The monoisotopic (exact) mass is 231 g/mol. The first-order chi connectivity index (χ1) is 8.09. The van der Waals surface area contributed by atoms with Gasteiger partial charge in [0.05, 0.1) is 12.2 Å². The van der Waals surface area contributed by atoms with Crippen molar-refractivity contribution in [2.45, 2.75) is 26.4 Å². The molecule has 0 fully saturated rings. The SMILES string of the molecule is CC(C)C(O)C1(C#N)COc2ccccc2C1. The molecule has 1 aromatic carbocycles. The number of rotatable bonds is 2. The van der Waals surface area contributed by atoms with Crippen LogP contribution in [0.4, 0.5) is 0 Å². The summed E-state index contributed by atoms with van der Waals surface area (Å²) in [6, 6.07) is 9.96. The number of nitriles is 1. The molecular formula is C14H17NO2. The molecule has 1 aliphatic rings. The van der Waals surface area contributed by atoms with E-state index in [2.05, 4.69) is 6.07 Å². The Kier molecular flexibility index (Phi) is 3.08. The number of hydrogen-bond acceptors (Lipinski definition) is 3. The molecule has 0 saturated carbocycles. The number of para-hydroxylation sites is 1. The molecule has 1 heterocycles. The predicted octanol–water partition coefficient (Wildman–Crippen LogP) is 2.15. The number of nitrogens with zero attached hydrogens (tertiary/aromatic N) is 1. The molecule has 1 aliphatic heterocycles. The zero-order valence-corrected chi connectivity index (χ0v) is 10.2. The Hall–Kier alpha value is -1.53. The number of fused-ring (bicyclic) bond motifs is 1. The van der Waals surface area contributed by atoms with Crippen molar-refractivity contribution in [1.82, 2.24) is 0 Å². The Bertz CT molecular complexity index is 450. The van der Waals surface area contributed by atoms with E-state index in [0.717, 1.165) is 11.3 Å². The van der Waals surface area contributed by atoms with Crippen LogP contribution < -0.4 is 4.74 Å². The number of aliphatic hydroxyl groups is 1. The van der Waals surface area contributed by atoms with E-state index in [4.69, 9.17) is 4.74 Å². The van der Waals surface area contributed by atoms with Crippen molar-refractivity contribution < 1.29 is 9.84 Å². The number of aliphatic hydroxyl groups excluding tert-OH is 1. The average molecular weight is 231 g/mol. The molecule has 90 valence electrons. The van der Waals surface area contributed by atoms with Crippen LogP contribution in [0.5, 0.6) is 5.75 Å². The van der Waals surface area contributed by atoms with Crippen LogP contribution in [0, 0.1) is 22.7 Å². The van der Waals surface area contributed by atoms with Crippen molar-refractivity contribution in [3.8, 4) is 11.8 Å². The first-order valence-corrected chi connectivity index (χ1v) is 5.89. The fourth-order valence-electron chi connectivity index (χ4n) is 2.35. The summed E-state index contributed by atoms with van der Waals surface area (Å²) in [5.41, 5.74) is 0.183. The van der Waals surface area contributed by atoms with Crippen molar-refractivity contribution in [2.24, 2.45) is 11.3 Å². The van der Waals surface area contributed by atoms with Gasteiger partial charge in [-0.15, -0.1) is 0 Å². The molecule has 3 nitrogen and oxygen atoms in total. The minimum Gasteiger partial charge on any atom is -0.492 e. The van der Waals surface area contributed by atoms with Gasteiger partial charge in [0, 0.05) is 6.42 Å². The smallest absolute Gasteiger partial charge is 0.122 e. The van der Waals surface area contributed by atoms with Crippen LogP contribution >= 0.6 is 0 Å². The Morgan fingerprint density at radius 3 is 2.76 bits per heavy atom. The van der Waals surface area contributed by atoms with E-state index in [1.165, 1.54) is 0 Å². The summed E-state index contributed by atoms with van der Waals surface area (Å²) < 4.78 is 5.62. The third-order valence-corrected chi connectivity index (χ3v) is 3.38. The molecule has 1 aromatic rings. The Morgan fingerprint density at radius 1 is 1.41 bits per heavy atom. The molecule has 0 aliphatic carbocycles. The normalized spacial score (nSPS) is 24.6. The fraction of sp³-hybridized carbons (Fsp3) is 0.500. The Balaban J connectivity index is 2.33.